The van der Waals surface area contributed by atoms with Crippen LogP contribution in [0.3, 0.4) is 0 Å². The second kappa shape index (κ2) is 5.93. The Morgan fingerprint density at radius 1 is 1.67 bits per heavy atom. The van der Waals surface area contributed by atoms with Gasteiger partial charge in [-0.15, -0.1) is 0 Å². The topological polar surface area (TPSA) is 54.5 Å². The molecule has 18 heavy (non-hydrogen) atoms. The highest BCUT2D eigenvalue weighted by Gasteiger charge is 2.25. The molecule has 5 nitrogen and oxygen atoms in total. The van der Waals surface area contributed by atoms with Crippen molar-refractivity contribution >= 4 is 5.91 Å². The molecule has 1 unspecified atom stereocenters. The number of aryl methyl sites for hydroxylation is 1. The van der Waals surface area contributed by atoms with Crippen molar-refractivity contribution in [1.82, 2.24) is 15.2 Å². The first-order valence-corrected chi connectivity index (χ1v) is 6.19. The zero-order valence-corrected chi connectivity index (χ0v) is 10.8. The van der Waals surface area contributed by atoms with E-state index in [9.17, 15) is 4.79 Å². The van der Waals surface area contributed by atoms with Gasteiger partial charge in [-0.1, -0.05) is 0 Å². The van der Waals surface area contributed by atoms with E-state index in [-0.39, 0.29) is 12.0 Å². The van der Waals surface area contributed by atoms with E-state index in [1.54, 1.807) is 12.3 Å². The van der Waals surface area contributed by atoms with E-state index < -0.39 is 0 Å². The Hall–Kier alpha value is -1.46. The summed E-state index contributed by atoms with van der Waals surface area (Å²) in [6, 6.07) is 3.62. The van der Waals surface area contributed by atoms with Crippen LogP contribution < -0.4 is 5.32 Å². The van der Waals surface area contributed by atoms with Crippen LogP contribution in [0.4, 0.5) is 0 Å². The molecule has 1 N–H and O–H groups in total. The number of carbonyl (C=O) groups is 1. The number of hydrogen-bond donors (Lipinski definition) is 1. The first kappa shape index (κ1) is 13.0. The maximum absolute atomic E-state index is 12.4. The van der Waals surface area contributed by atoms with Crippen molar-refractivity contribution in [1.29, 1.82) is 0 Å². The lowest BCUT2D eigenvalue weighted by Gasteiger charge is -2.33. The third kappa shape index (κ3) is 2.86. The number of aromatic nitrogens is 1. The van der Waals surface area contributed by atoms with Gasteiger partial charge in [0.25, 0.3) is 5.91 Å². The SMILES string of the molecule is CNCC1CN(C(=O)c2cccnc2C)CCO1. The number of pyridine rings is 1. The Morgan fingerprint density at radius 2 is 2.50 bits per heavy atom. The van der Waals surface area contributed by atoms with E-state index >= 15 is 0 Å². The van der Waals surface area contributed by atoms with Crippen LogP contribution in [-0.2, 0) is 4.74 Å². The molecule has 2 heterocycles. The Balaban J connectivity index is 2.07. The molecule has 1 aromatic rings. The Labute approximate surface area is 107 Å². The van der Waals surface area contributed by atoms with Crippen molar-refractivity contribution in [3.63, 3.8) is 0 Å². The highest BCUT2D eigenvalue weighted by molar-refractivity contribution is 5.95. The van der Waals surface area contributed by atoms with Gasteiger partial charge in [-0.05, 0) is 26.1 Å². The summed E-state index contributed by atoms with van der Waals surface area (Å²) < 4.78 is 5.59. The minimum atomic E-state index is 0.0463. The molecular formula is C13H19N3O2. The normalized spacial score (nSPS) is 19.9. The molecule has 0 spiro atoms. The van der Waals surface area contributed by atoms with Crippen LogP contribution in [-0.4, -0.2) is 55.2 Å². The number of hydrogen-bond acceptors (Lipinski definition) is 4. The maximum Gasteiger partial charge on any atom is 0.255 e. The van der Waals surface area contributed by atoms with Gasteiger partial charge in [0.2, 0.25) is 0 Å². The van der Waals surface area contributed by atoms with E-state index in [1.807, 2.05) is 24.9 Å². The standard InChI is InChI=1S/C13H19N3O2/c1-10-12(4-3-5-15-10)13(17)16-6-7-18-11(9-16)8-14-2/h3-5,11,14H,6-9H2,1-2H3. The number of likely N-dealkylation sites (N-methyl/N-ethyl adjacent to an activating group) is 1. The fourth-order valence-corrected chi connectivity index (χ4v) is 2.14. The van der Waals surface area contributed by atoms with Gasteiger partial charge in [0.15, 0.2) is 0 Å². The highest BCUT2D eigenvalue weighted by atomic mass is 16.5. The molecule has 1 aliphatic rings. The van der Waals surface area contributed by atoms with E-state index in [2.05, 4.69) is 10.3 Å². The van der Waals surface area contributed by atoms with Crippen LogP contribution in [0.15, 0.2) is 18.3 Å². The van der Waals surface area contributed by atoms with E-state index in [4.69, 9.17) is 4.74 Å². The summed E-state index contributed by atoms with van der Waals surface area (Å²) in [7, 11) is 1.88. The number of nitrogens with zero attached hydrogens (tertiary/aromatic N) is 2. The largest absolute Gasteiger partial charge is 0.373 e. The quantitative estimate of drug-likeness (QED) is 0.845. The third-order valence-electron chi connectivity index (χ3n) is 3.10. The number of rotatable bonds is 3. The van der Waals surface area contributed by atoms with E-state index in [0.29, 0.717) is 25.3 Å². The zero-order chi connectivity index (χ0) is 13.0. The van der Waals surface area contributed by atoms with Gasteiger partial charge in [0.1, 0.15) is 0 Å². The van der Waals surface area contributed by atoms with Crippen LogP contribution in [0.5, 0.6) is 0 Å². The average molecular weight is 249 g/mol. The molecule has 1 saturated heterocycles. The van der Waals surface area contributed by atoms with Crippen LogP contribution in [0.2, 0.25) is 0 Å². The van der Waals surface area contributed by atoms with Crippen molar-refractivity contribution in [2.45, 2.75) is 13.0 Å². The zero-order valence-electron chi connectivity index (χ0n) is 10.8. The molecule has 0 aromatic carbocycles. The number of nitrogens with one attached hydrogen (secondary N) is 1. The molecule has 2 rings (SSSR count). The van der Waals surface area contributed by atoms with Gasteiger partial charge in [-0.25, -0.2) is 0 Å². The monoisotopic (exact) mass is 249 g/mol. The molecule has 0 aliphatic carbocycles. The summed E-state index contributed by atoms with van der Waals surface area (Å²) in [6.45, 7) is 4.49. The molecule has 1 aromatic heterocycles. The summed E-state index contributed by atoms with van der Waals surface area (Å²) in [5.74, 6) is 0.0463. The van der Waals surface area contributed by atoms with Gasteiger partial charge in [0.05, 0.1) is 18.3 Å². The number of morpholine rings is 1. The minimum Gasteiger partial charge on any atom is -0.373 e. The number of carbonyl (C=O) groups excluding carboxylic acids is 1. The average Bonchev–Trinajstić information content (AvgIpc) is 2.39. The summed E-state index contributed by atoms with van der Waals surface area (Å²) in [6.07, 6.45) is 1.78. The van der Waals surface area contributed by atoms with Crippen molar-refractivity contribution in [3.05, 3.63) is 29.6 Å². The predicted octanol–water partition coefficient (Wildman–Crippen LogP) is 0.450. The fraction of sp³-hybridized carbons (Fsp3) is 0.538. The Kier molecular flexibility index (Phi) is 4.28. The molecule has 1 aliphatic heterocycles. The van der Waals surface area contributed by atoms with E-state index in [1.165, 1.54) is 0 Å². The van der Waals surface area contributed by atoms with E-state index in [0.717, 1.165) is 12.2 Å². The van der Waals surface area contributed by atoms with Crippen LogP contribution in [0, 0.1) is 6.92 Å². The summed E-state index contributed by atoms with van der Waals surface area (Å²) in [4.78, 5) is 18.4. The van der Waals surface area contributed by atoms with Gasteiger partial charge < -0.3 is 15.0 Å². The number of amides is 1. The second-order valence-electron chi connectivity index (χ2n) is 4.44. The minimum absolute atomic E-state index is 0.0463. The van der Waals surface area contributed by atoms with Gasteiger partial charge in [0, 0.05) is 31.5 Å². The first-order valence-electron chi connectivity index (χ1n) is 6.19. The molecule has 0 bridgehead atoms. The molecular weight excluding hydrogens is 230 g/mol. The smallest absolute Gasteiger partial charge is 0.255 e. The van der Waals surface area contributed by atoms with Crippen LogP contribution in [0.25, 0.3) is 0 Å². The summed E-state index contributed by atoms with van der Waals surface area (Å²) >= 11 is 0. The van der Waals surface area contributed by atoms with Gasteiger partial charge in [-0.2, -0.15) is 0 Å². The number of ether oxygens (including phenoxy) is 1. The predicted molar refractivity (Wildman–Crippen MR) is 68.5 cm³/mol. The third-order valence-corrected chi connectivity index (χ3v) is 3.10. The van der Waals surface area contributed by atoms with Crippen molar-refractivity contribution < 1.29 is 9.53 Å². The fourth-order valence-electron chi connectivity index (χ4n) is 2.14. The summed E-state index contributed by atoms with van der Waals surface area (Å²) in [5, 5.41) is 3.07. The van der Waals surface area contributed by atoms with Gasteiger partial charge >= 0.3 is 0 Å². The molecule has 1 amide bonds. The van der Waals surface area contributed by atoms with Crippen molar-refractivity contribution in [3.8, 4) is 0 Å². The van der Waals surface area contributed by atoms with Crippen molar-refractivity contribution in [2.75, 3.05) is 33.3 Å². The van der Waals surface area contributed by atoms with Crippen LogP contribution >= 0.6 is 0 Å². The Morgan fingerprint density at radius 3 is 3.22 bits per heavy atom. The van der Waals surface area contributed by atoms with Gasteiger partial charge in [-0.3, -0.25) is 9.78 Å². The van der Waals surface area contributed by atoms with Crippen molar-refractivity contribution in [2.24, 2.45) is 0 Å². The maximum atomic E-state index is 12.4. The molecule has 0 radical (unpaired) electrons. The first-order chi connectivity index (χ1) is 8.72. The van der Waals surface area contributed by atoms with Crippen LogP contribution in [0.1, 0.15) is 16.1 Å². The highest BCUT2D eigenvalue weighted by Crippen LogP contribution is 2.12. The summed E-state index contributed by atoms with van der Waals surface area (Å²) in [5.41, 5.74) is 1.46. The lowest BCUT2D eigenvalue weighted by Crippen LogP contribution is -2.48. The molecule has 0 saturated carbocycles. The lowest BCUT2D eigenvalue weighted by molar-refractivity contribution is -0.0196. The Bertz CT molecular complexity index is 420. The molecule has 1 fully saturated rings. The lowest BCUT2D eigenvalue weighted by atomic mass is 10.1. The molecule has 1 atom stereocenters. The molecule has 98 valence electrons. The second-order valence-corrected chi connectivity index (χ2v) is 4.44. The molecule has 5 heteroatoms.